The Hall–Kier alpha value is -1.26. The summed E-state index contributed by atoms with van der Waals surface area (Å²) in [4.78, 5) is 2.49. The summed E-state index contributed by atoms with van der Waals surface area (Å²) in [6.45, 7) is 8.20. The van der Waals surface area contributed by atoms with Gasteiger partial charge in [0, 0.05) is 19.1 Å². The van der Waals surface area contributed by atoms with E-state index in [0.29, 0.717) is 6.79 Å². The molecule has 2 aliphatic rings. The summed E-state index contributed by atoms with van der Waals surface area (Å²) in [5.41, 5.74) is 7.48. The van der Waals surface area contributed by atoms with Crippen LogP contribution in [0.5, 0.6) is 11.5 Å². The molecule has 4 nitrogen and oxygen atoms in total. The fraction of sp³-hybridized carbons (Fsp3) is 0.625. The summed E-state index contributed by atoms with van der Waals surface area (Å²) in [7, 11) is 0. The lowest BCUT2D eigenvalue weighted by Gasteiger charge is -2.22. The zero-order valence-electron chi connectivity index (χ0n) is 12.3. The highest BCUT2D eigenvalue weighted by Gasteiger charge is 2.26. The van der Waals surface area contributed by atoms with Crippen LogP contribution in [0.2, 0.25) is 0 Å². The van der Waals surface area contributed by atoms with Crippen molar-refractivity contribution < 1.29 is 9.47 Å². The van der Waals surface area contributed by atoms with Crippen molar-refractivity contribution in [3.63, 3.8) is 0 Å². The summed E-state index contributed by atoms with van der Waals surface area (Å²) < 4.78 is 10.7. The maximum atomic E-state index is 6.35. The molecule has 0 saturated carbocycles. The van der Waals surface area contributed by atoms with Gasteiger partial charge in [-0.3, -0.25) is 0 Å². The monoisotopic (exact) mass is 276 g/mol. The SMILES string of the molecule is CC(C)C1CCN(CC(N)c2ccc3c(c2)OCO3)C1. The van der Waals surface area contributed by atoms with E-state index >= 15 is 0 Å². The summed E-state index contributed by atoms with van der Waals surface area (Å²) in [5.74, 6) is 3.22. The van der Waals surface area contributed by atoms with Gasteiger partial charge in [-0.05, 0) is 42.5 Å². The summed E-state index contributed by atoms with van der Waals surface area (Å²) >= 11 is 0. The minimum absolute atomic E-state index is 0.0374. The van der Waals surface area contributed by atoms with Crippen LogP contribution in [0.25, 0.3) is 0 Å². The third-order valence-electron chi connectivity index (χ3n) is 4.53. The van der Waals surface area contributed by atoms with Gasteiger partial charge >= 0.3 is 0 Å². The molecule has 1 aromatic rings. The molecule has 0 aromatic heterocycles. The number of fused-ring (bicyclic) bond motifs is 1. The first-order chi connectivity index (χ1) is 9.63. The first kappa shape index (κ1) is 13.7. The van der Waals surface area contributed by atoms with E-state index in [9.17, 15) is 0 Å². The predicted octanol–water partition coefficient (Wildman–Crippen LogP) is 2.39. The van der Waals surface area contributed by atoms with E-state index in [1.165, 1.54) is 19.5 Å². The Morgan fingerprint density at radius 2 is 2.10 bits per heavy atom. The second-order valence-corrected chi connectivity index (χ2v) is 6.27. The number of nitrogens with zero attached hydrogens (tertiary/aromatic N) is 1. The van der Waals surface area contributed by atoms with E-state index in [1.807, 2.05) is 18.2 Å². The number of hydrogen-bond acceptors (Lipinski definition) is 4. The van der Waals surface area contributed by atoms with Gasteiger partial charge in [0.2, 0.25) is 6.79 Å². The largest absolute Gasteiger partial charge is 0.454 e. The van der Waals surface area contributed by atoms with Crippen molar-refractivity contribution in [2.75, 3.05) is 26.4 Å². The predicted molar refractivity (Wildman–Crippen MR) is 78.9 cm³/mol. The smallest absolute Gasteiger partial charge is 0.231 e. The van der Waals surface area contributed by atoms with Gasteiger partial charge in [0.15, 0.2) is 11.5 Å². The van der Waals surface area contributed by atoms with Gasteiger partial charge in [0.1, 0.15) is 0 Å². The fourth-order valence-electron chi connectivity index (χ4n) is 3.10. The molecular weight excluding hydrogens is 252 g/mol. The number of ether oxygens (including phenoxy) is 2. The molecular formula is C16H24N2O2. The van der Waals surface area contributed by atoms with Crippen LogP contribution in [0, 0.1) is 11.8 Å². The number of nitrogens with two attached hydrogens (primary N) is 1. The maximum absolute atomic E-state index is 6.35. The van der Waals surface area contributed by atoms with Crippen molar-refractivity contribution in [1.82, 2.24) is 4.90 Å². The van der Waals surface area contributed by atoms with Crippen LogP contribution >= 0.6 is 0 Å². The molecule has 0 spiro atoms. The summed E-state index contributed by atoms with van der Waals surface area (Å²) in [5, 5.41) is 0. The molecule has 110 valence electrons. The molecule has 1 saturated heterocycles. The van der Waals surface area contributed by atoms with Crippen LogP contribution in [0.3, 0.4) is 0 Å². The summed E-state index contributed by atoms with van der Waals surface area (Å²) in [6, 6.07) is 6.06. The Morgan fingerprint density at radius 1 is 1.30 bits per heavy atom. The molecule has 0 bridgehead atoms. The highest BCUT2D eigenvalue weighted by Crippen LogP contribution is 2.34. The zero-order valence-corrected chi connectivity index (χ0v) is 12.3. The number of rotatable bonds is 4. The Labute approximate surface area is 120 Å². The van der Waals surface area contributed by atoms with Crippen LogP contribution in [0.1, 0.15) is 31.9 Å². The maximum Gasteiger partial charge on any atom is 0.231 e. The van der Waals surface area contributed by atoms with Crippen molar-refractivity contribution >= 4 is 0 Å². The number of likely N-dealkylation sites (tertiary alicyclic amines) is 1. The first-order valence-electron chi connectivity index (χ1n) is 7.51. The average molecular weight is 276 g/mol. The molecule has 0 amide bonds. The normalized spacial score (nSPS) is 23.5. The average Bonchev–Trinajstić information content (AvgIpc) is 3.05. The van der Waals surface area contributed by atoms with Gasteiger partial charge in [0.05, 0.1) is 0 Å². The van der Waals surface area contributed by atoms with Gasteiger partial charge in [-0.2, -0.15) is 0 Å². The molecule has 2 aliphatic heterocycles. The first-order valence-corrected chi connectivity index (χ1v) is 7.51. The quantitative estimate of drug-likeness (QED) is 0.917. The highest BCUT2D eigenvalue weighted by atomic mass is 16.7. The van der Waals surface area contributed by atoms with E-state index in [4.69, 9.17) is 15.2 Å². The molecule has 20 heavy (non-hydrogen) atoms. The van der Waals surface area contributed by atoms with Crippen LogP contribution in [0.4, 0.5) is 0 Å². The van der Waals surface area contributed by atoms with Crippen molar-refractivity contribution in [2.24, 2.45) is 17.6 Å². The standard InChI is InChI=1S/C16H24N2O2/c1-11(2)13-5-6-18(8-13)9-14(17)12-3-4-15-16(7-12)20-10-19-15/h3-4,7,11,13-14H,5-6,8-10,17H2,1-2H3. The van der Waals surface area contributed by atoms with Crippen LogP contribution in [0.15, 0.2) is 18.2 Å². The van der Waals surface area contributed by atoms with E-state index in [-0.39, 0.29) is 6.04 Å². The number of hydrogen-bond donors (Lipinski definition) is 1. The minimum atomic E-state index is 0.0374. The zero-order chi connectivity index (χ0) is 14.1. The van der Waals surface area contributed by atoms with Crippen LogP contribution in [-0.2, 0) is 0 Å². The third-order valence-corrected chi connectivity index (χ3v) is 4.53. The van der Waals surface area contributed by atoms with E-state index in [1.54, 1.807) is 0 Å². The Bertz CT molecular complexity index is 476. The lowest BCUT2D eigenvalue weighted by molar-refractivity contribution is 0.174. The van der Waals surface area contributed by atoms with E-state index < -0.39 is 0 Å². The van der Waals surface area contributed by atoms with Crippen molar-refractivity contribution in [3.05, 3.63) is 23.8 Å². The molecule has 0 aliphatic carbocycles. The lowest BCUT2D eigenvalue weighted by atomic mass is 9.95. The molecule has 3 rings (SSSR count). The third kappa shape index (κ3) is 2.76. The van der Waals surface area contributed by atoms with Crippen LogP contribution in [-0.4, -0.2) is 31.3 Å². The highest BCUT2D eigenvalue weighted by molar-refractivity contribution is 5.45. The molecule has 2 atom stereocenters. The second-order valence-electron chi connectivity index (χ2n) is 6.27. The van der Waals surface area contributed by atoms with Crippen molar-refractivity contribution in [3.8, 4) is 11.5 Å². The minimum Gasteiger partial charge on any atom is -0.454 e. The van der Waals surface area contributed by atoms with Gasteiger partial charge in [-0.1, -0.05) is 19.9 Å². The topological polar surface area (TPSA) is 47.7 Å². The Balaban J connectivity index is 1.61. The fourth-order valence-corrected chi connectivity index (χ4v) is 3.10. The van der Waals surface area contributed by atoms with Crippen LogP contribution < -0.4 is 15.2 Å². The Kier molecular flexibility index (Phi) is 3.85. The molecule has 4 heteroatoms. The second kappa shape index (κ2) is 5.62. The van der Waals surface area contributed by atoms with Crippen molar-refractivity contribution in [2.45, 2.75) is 26.3 Å². The molecule has 0 radical (unpaired) electrons. The van der Waals surface area contributed by atoms with E-state index in [2.05, 4.69) is 18.7 Å². The molecule has 2 heterocycles. The number of benzene rings is 1. The lowest BCUT2D eigenvalue weighted by Crippen LogP contribution is -2.31. The van der Waals surface area contributed by atoms with E-state index in [0.717, 1.165) is 35.4 Å². The van der Waals surface area contributed by atoms with Gasteiger partial charge < -0.3 is 20.1 Å². The molecule has 2 unspecified atom stereocenters. The molecule has 2 N–H and O–H groups in total. The van der Waals surface area contributed by atoms with Gasteiger partial charge in [0.25, 0.3) is 0 Å². The van der Waals surface area contributed by atoms with Crippen molar-refractivity contribution in [1.29, 1.82) is 0 Å². The van der Waals surface area contributed by atoms with Gasteiger partial charge in [-0.15, -0.1) is 0 Å². The van der Waals surface area contributed by atoms with Gasteiger partial charge in [-0.25, -0.2) is 0 Å². The Morgan fingerprint density at radius 3 is 2.85 bits per heavy atom. The molecule has 1 fully saturated rings. The summed E-state index contributed by atoms with van der Waals surface area (Å²) in [6.07, 6.45) is 1.30. The molecule has 1 aromatic carbocycles.